The van der Waals surface area contributed by atoms with Gasteiger partial charge in [0.2, 0.25) is 0 Å². The summed E-state index contributed by atoms with van der Waals surface area (Å²) in [6.07, 6.45) is 0. The van der Waals surface area contributed by atoms with Crippen molar-refractivity contribution in [1.29, 1.82) is 0 Å². The first-order chi connectivity index (χ1) is 32.2. The molecule has 0 radical (unpaired) electrons. The third kappa shape index (κ3) is 6.16. The van der Waals surface area contributed by atoms with Gasteiger partial charge in [-0.25, -0.2) is 19.9 Å². The van der Waals surface area contributed by atoms with E-state index in [0.29, 0.717) is 17.5 Å². The Balaban J connectivity index is 0.937. The maximum Gasteiger partial charge on any atom is 0.164 e. The Morgan fingerprint density at radius 3 is 1.42 bits per heavy atom. The molecule has 3 aromatic heterocycles. The first-order valence-electron chi connectivity index (χ1n) is 21.9. The summed E-state index contributed by atoms with van der Waals surface area (Å²) in [7, 11) is 0. The number of aromatic nitrogens is 4. The van der Waals surface area contributed by atoms with Gasteiger partial charge in [-0.15, -0.1) is 0 Å². The van der Waals surface area contributed by atoms with Crippen molar-refractivity contribution in [2.75, 3.05) is 0 Å². The molecule has 0 bridgehead atoms. The molecule has 0 aliphatic rings. The standard InChI is InChI=1S/C60H36N4O/c1-3-15-39(16-4-1)58-62-59(40-17-5-2-6-18-40)64-60(63-58)43-20-13-19-41(35-43)37-29-31-38(32-30-37)44-26-14-27-51-54-50-25-11-12-28-53(50)65-57(54)55(61-56(44)51)42-33-34-49-47-23-8-7-21-45(47)46-22-9-10-24-48(46)52(49)36-42/h1-36H. The summed E-state index contributed by atoms with van der Waals surface area (Å²) in [5, 5.41) is 10.6. The van der Waals surface area contributed by atoms with Gasteiger partial charge in [0.15, 0.2) is 23.1 Å². The zero-order valence-corrected chi connectivity index (χ0v) is 35.0. The topological polar surface area (TPSA) is 64.7 Å². The highest BCUT2D eigenvalue weighted by atomic mass is 16.3. The van der Waals surface area contributed by atoms with Gasteiger partial charge in [-0.3, -0.25) is 0 Å². The van der Waals surface area contributed by atoms with Crippen molar-refractivity contribution < 1.29 is 4.42 Å². The number of nitrogens with zero attached hydrogens (tertiary/aromatic N) is 4. The zero-order chi connectivity index (χ0) is 42.8. The van der Waals surface area contributed by atoms with Gasteiger partial charge in [-0.2, -0.15) is 0 Å². The molecule has 302 valence electrons. The molecule has 0 aliphatic heterocycles. The number of rotatable bonds is 6. The molecule has 13 aromatic rings. The first-order valence-corrected chi connectivity index (χ1v) is 21.9. The quantitative estimate of drug-likeness (QED) is 0.156. The maximum absolute atomic E-state index is 6.75. The summed E-state index contributed by atoms with van der Waals surface area (Å²) < 4.78 is 6.75. The van der Waals surface area contributed by atoms with Crippen LogP contribution in [-0.2, 0) is 0 Å². The number of fused-ring (bicyclic) bond motifs is 11. The summed E-state index contributed by atoms with van der Waals surface area (Å²) in [5.41, 5.74) is 11.5. The zero-order valence-electron chi connectivity index (χ0n) is 35.0. The predicted octanol–water partition coefficient (Wildman–Crippen LogP) is 15.8. The highest BCUT2D eigenvalue weighted by molar-refractivity contribution is 6.27. The lowest BCUT2D eigenvalue weighted by Gasteiger charge is -2.14. The second kappa shape index (κ2) is 14.9. The van der Waals surface area contributed by atoms with Crippen LogP contribution in [-0.4, -0.2) is 19.9 Å². The van der Waals surface area contributed by atoms with Crippen LogP contribution in [0.4, 0.5) is 0 Å². The molecule has 5 heteroatoms. The molecule has 0 saturated heterocycles. The minimum absolute atomic E-state index is 0.625. The van der Waals surface area contributed by atoms with Gasteiger partial charge in [-0.05, 0) is 67.2 Å². The molecule has 5 nitrogen and oxygen atoms in total. The van der Waals surface area contributed by atoms with E-state index in [2.05, 4.69) is 146 Å². The number of benzene rings is 10. The van der Waals surface area contributed by atoms with Gasteiger partial charge < -0.3 is 4.42 Å². The van der Waals surface area contributed by atoms with Crippen molar-refractivity contribution in [1.82, 2.24) is 19.9 Å². The number of furan rings is 1. The van der Waals surface area contributed by atoms with E-state index in [-0.39, 0.29) is 0 Å². The smallest absolute Gasteiger partial charge is 0.164 e. The Labute approximate surface area is 374 Å². The monoisotopic (exact) mass is 828 g/mol. The minimum Gasteiger partial charge on any atom is -0.454 e. The van der Waals surface area contributed by atoms with Crippen molar-refractivity contribution in [3.8, 4) is 67.7 Å². The van der Waals surface area contributed by atoms with Crippen molar-refractivity contribution >= 4 is 65.2 Å². The summed E-state index contributed by atoms with van der Waals surface area (Å²) in [5.74, 6) is 1.90. The molecule has 0 saturated carbocycles. The highest BCUT2D eigenvalue weighted by Gasteiger charge is 2.21. The summed E-state index contributed by atoms with van der Waals surface area (Å²) >= 11 is 0. The van der Waals surface area contributed by atoms with Gasteiger partial charge in [0.05, 0.1) is 5.52 Å². The Morgan fingerprint density at radius 2 is 0.754 bits per heavy atom. The molecule has 0 aliphatic carbocycles. The molecule has 0 N–H and O–H groups in total. The van der Waals surface area contributed by atoms with Crippen LogP contribution in [0.1, 0.15) is 0 Å². The fraction of sp³-hybridized carbons (Fsp3) is 0. The third-order valence-electron chi connectivity index (χ3n) is 12.7. The van der Waals surface area contributed by atoms with Crippen LogP contribution in [0.2, 0.25) is 0 Å². The van der Waals surface area contributed by atoms with E-state index >= 15 is 0 Å². The second-order valence-corrected chi connectivity index (χ2v) is 16.5. The van der Waals surface area contributed by atoms with Crippen LogP contribution in [0, 0.1) is 0 Å². The normalized spacial score (nSPS) is 11.7. The second-order valence-electron chi connectivity index (χ2n) is 16.5. The van der Waals surface area contributed by atoms with E-state index in [4.69, 9.17) is 24.4 Å². The summed E-state index contributed by atoms with van der Waals surface area (Å²) in [4.78, 5) is 20.4. The third-order valence-corrected chi connectivity index (χ3v) is 12.7. The molecule has 0 amide bonds. The van der Waals surface area contributed by atoms with Gasteiger partial charge in [0.1, 0.15) is 11.3 Å². The molecule has 0 spiro atoms. The SMILES string of the molecule is c1ccc(-c2nc(-c3ccccc3)nc(-c3cccc(-c4ccc(-c5cccc6c5nc(-c5ccc7c8ccccc8c8ccccc8c7c5)c5oc7ccccc7c56)cc4)c3)n2)cc1. The Hall–Kier alpha value is -8.80. The van der Waals surface area contributed by atoms with Gasteiger partial charge in [-0.1, -0.05) is 200 Å². The maximum atomic E-state index is 6.75. The first kappa shape index (κ1) is 36.8. The fourth-order valence-corrected chi connectivity index (χ4v) is 9.61. The molecule has 0 unspecified atom stereocenters. The van der Waals surface area contributed by atoms with E-state index in [1.165, 1.54) is 32.3 Å². The van der Waals surface area contributed by atoms with Crippen LogP contribution in [0.5, 0.6) is 0 Å². The molecular weight excluding hydrogens is 793 g/mol. The molecule has 0 fully saturated rings. The number of pyridine rings is 1. The van der Waals surface area contributed by atoms with Gasteiger partial charge >= 0.3 is 0 Å². The van der Waals surface area contributed by atoms with Crippen molar-refractivity contribution in [3.05, 3.63) is 218 Å². The summed E-state index contributed by atoms with van der Waals surface area (Å²) in [6, 6.07) is 76.3. The number of para-hydroxylation sites is 2. The van der Waals surface area contributed by atoms with E-state index in [1.807, 2.05) is 72.8 Å². The molecule has 10 aromatic carbocycles. The Morgan fingerprint density at radius 1 is 0.277 bits per heavy atom. The molecule has 3 heterocycles. The average molecular weight is 829 g/mol. The van der Waals surface area contributed by atoms with Crippen LogP contribution < -0.4 is 0 Å². The summed E-state index contributed by atoms with van der Waals surface area (Å²) in [6.45, 7) is 0. The van der Waals surface area contributed by atoms with Crippen LogP contribution in [0.3, 0.4) is 0 Å². The molecule has 65 heavy (non-hydrogen) atoms. The number of hydrogen-bond acceptors (Lipinski definition) is 5. The Bertz CT molecular complexity index is 3900. The van der Waals surface area contributed by atoms with Crippen LogP contribution in [0.15, 0.2) is 223 Å². The largest absolute Gasteiger partial charge is 0.454 e. The van der Waals surface area contributed by atoms with Crippen LogP contribution >= 0.6 is 0 Å². The van der Waals surface area contributed by atoms with Crippen molar-refractivity contribution in [3.63, 3.8) is 0 Å². The van der Waals surface area contributed by atoms with Crippen molar-refractivity contribution in [2.45, 2.75) is 0 Å². The molecular formula is C60H36N4O. The molecule has 0 atom stereocenters. The van der Waals surface area contributed by atoms with Gasteiger partial charge in [0.25, 0.3) is 0 Å². The predicted molar refractivity (Wildman–Crippen MR) is 268 cm³/mol. The van der Waals surface area contributed by atoms with Crippen molar-refractivity contribution in [2.24, 2.45) is 0 Å². The highest BCUT2D eigenvalue weighted by Crippen LogP contribution is 2.44. The molecule has 13 rings (SSSR count). The number of hydrogen-bond donors (Lipinski definition) is 0. The van der Waals surface area contributed by atoms with E-state index < -0.39 is 0 Å². The van der Waals surface area contributed by atoms with E-state index in [0.717, 1.165) is 83.0 Å². The average Bonchev–Trinajstić information content (AvgIpc) is 3.79. The lowest BCUT2D eigenvalue weighted by atomic mass is 9.92. The fourth-order valence-electron chi connectivity index (χ4n) is 9.61. The van der Waals surface area contributed by atoms with Crippen LogP contribution in [0.25, 0.3) is 133 Å². The van der Waals surface area contributed by atoms with E-state index in [9.17, 15) is 0 Å². The van der Waals surface area contributed by atoms with E-state index in [1.54, 1.807) is 0 Å². The Kier molecular flexibility index (Phi) is 8.46. The van der Waals surface area contributed by atoms with Gasteiger partial charge in [0, 0.05) is 44.0 Å². The minimum atomic E-state index is 0.625. The lowest BCUT2D eigenvalue weighted by molar-refractivity contribution is 0.669. The lowest BCUT2D eigenvalue weighted by Crippen LogP contribution is -2.00.